The topological polar surface area (TPSA) is 81.9 Å². The molecule has 0 unspecified atom stereocenters. The molecule has 1 aliphatic rings. The number of primary amides is 1. The van der Waals surface area contributed by atoms with Crippen LogP contribution in [-0.4, -0.2) is 32.6 Å². The fourth-order valence-corrected chi connectivity index (χ4v) is 3.15. The molecule has 6 heteroatoms. The zero-order valence-electron chi connectivity index (χ0n) is 14.2. The van der Waals surface area contributed by atoms with Gasteiger partial charge in [0.2, 0.25) is 5.91 Å². The van der Waals surface area contributed by atoms with Crippen LogP contribution in [0.2, 0.25) is 0 Å². The average molecular weight is 340 g/mol. The number of hydrogen-bond acceptors (Lipinski definition) is 4. The second-order valence-corrected chi connectivity index (χ2v) is 5.83. The SMILES string of the molecule is COc1cc(OC)cc(C(=O)N2CCCc3c(C(N)=O)cccc32)c1. The summed E-state index contributed by atoms with van der Waals surface area (Å²) in [5, 5.41) is 0. The van der Waals surface area contributed by atoms with Gasteiger partial charge >= 0.3 is 0 Å². The van der Waals surface area contributed by atoms with Crippen LogP contribution < -0.4 is 20.1 Å². The maximum absolute atomic E-state index is 13.1. The van der Waals surface area contributed by atoms with Crippen molar-refractivity contribution in [3.8, 4) is 11.5 Å². The quantitative estimate of drug-likeness (QED) is 0.926. The standard InChI is InChI=1S/C19H20N2O4/c1-24-13-9-12(10-14(11-13)25-2)19(23)21-8-4-6-15-16(18(20)22)5-3-7-17(15)21/h3,5,7,9-11H,4,6,8H2,1-2H3,(H2,20,22). The molecule has 0 aromatic heterocycles. The van der Waals surface area contributed by atoms with Gasteiger partial charge in [-0.3, -0.25) is 9.59 Å². The Morgan fingerprint density at radius 2 is 1.76 bits per heavy atom. The maximum Gasteiger partial charge on any atom is 0.258 e. The first-order chi connectivity index (χ1) is 12.0. The van der Waals surface area contributed by atoms with E-state index in [9.17, 15) is 9.59 Å². The molecule has 1 aliphatic heterocycles. The highest BCUT2D eigenvalue weighted by Crippen LogP contribution is 2.32. The first-order valence-corrected chi connectivity index (χ1v) is 8.01. The highest BCUT2D eigenvalue weighted by molar-refractivity contribution is 6.08. The molecule has 0 bridgehead atoms. The lowest BCUT2D eigenvalue weighted by molar-refractivity contribution is 0.0977. The zero-order valence-corrected chi connectivity index (χ0v) is 14.2. The van der Waals surface area contributed by atoms with Gasteiger partial charge in [0, 0.05) is 29.4 Å². The maximum atomic E-state index is 13.1. The van der Waals surface area contributed by atoms with Gasteiger partial charge in [-0.25, -0.2) is 0 Å². The molecular weight excluding hydrogens is 320 g/mol. The molecule has 0 aliphatic carbocycles. The number of carbonyl (C=O) groups is 2. The van der Waals surface area contributed by atoms with Crippen molar-refractivity contribution in [3.05, 3.63) is 53.1 Å². The molecule has 3 rings (SSSR count). The summed E-state index contributed by atoms with van der Waals surface area (Å²) < 4.78 is 10.5. The Kier molecular flexibility index (Phi) is 4.61. The Morgan fingerprint density at radius 3 is 2.36 bits per heavy atom. The number of fused-ring (bicyclic) bond motifs is 1. The summed E-state index contributed by atoms with van der Waals surface area (Å²) >= 11 is 0. The number of rotatable bonds is 4. The third-order valence-corrected chi connectivity index (χ3v) is 4.36. The third-order valence-electron chi connectivity index (χ3n) is 4.36. The highest BCUT2D eigenvalue weighted by atomic mass is 16.5. The van der Waals surface area contributed by atoms with Crippen LogP contribution in [0.1, 0.15) is 32.7 Å². The summed E-state index contributed by atoms with van der Waals surface area (Å²) in [7, 11) is 3.08. The van der Waals surface area contributed by atoms with Crippen molar-refractivity contribution in [1.29, 1.82) is 0 Å². The number of nitrogens with two attached hydrogens (primary N) is 1. The number of nitrogens with zero attached hydrogens (tertiary/aromatic N) is 1. The number of benzene rings is 2. The van der Waals surface area contributed by atoms with Gasteiger partial charge in [0.15, 0.2) is 0 Å². The van der Waals surface area contributed by atoms with E-state index in [1.54, 1.807) is 49.5 Å². The zero-order chi connectivity index (χ0) is 18.0. The lowest BCUT2D eigenvalue weighted by Gasteiger charge is -2.30. The number of hydrogen-bond donors (Lipinski definition) is 1. The molecule has 0 atom stereocenters. The van der Waals surface area contributed by atoms with E-state index in [-0.39, 0.29) is 5.91 Å². The number of carbonyl (C=O) groups excluding carboxylic acids is 2. The van der Waals surface area contributed by atoms with Crippen molar-refractivity contribution in [2.75, 3.05) is 25.7 Å². The Morgan fingerprint density at radius 1 is 1.08 bits per heavy atom. The first-order valence-electron chi connectivity index (χ1n) is 8.01. The van der Waals surface area contributed by atoms with Crippen LogP contribution in [0.25, 0.3) is 0 Å². The lowest BCUT2D eigenvalue weighted by atomic mass is 9.95. The highest BCUT2D eigenvalue weighted by Gasteiger charge is 2.26. The molecule has 130 valence electrons. The van der Waals surface area contributed by atoms with Crippen LogP contribution in [-0.2, 0) is 6.42 Å². The number of ether oxygens (including phenoxy) is 2. The third kappa shape index (κ3) is 3.15. The average Bonchev–Trinajstić information content (AvgIpc) is 2.65. The molecule has 2 amide bonds. The number of anilines is 1. The molecule has 0 spiro atoms. The van der Waals surface area contributed by atoms with E-state index in [4.69, 9.17) is 15.2 Å². The van der Waals surface area contributed by atoms with Crippen molar-refractivity contribution in [2.24, 2.45) is 5.73 Å². The van der Waals surface area contributed by atoms with Gasteiger partial charge in [-0.2, -0.15) is 0 Å². The van der Waals surface area contributed by atoms with Crippen molar-refractivity contribution >= 4 is 17.5 Å². The van der Waals surface area contributed by atoms with E-state index in [0.717, 1.165) is 24.1 Å². The molecule has 0 saturated carbocycles. The van der Waals surface area contributed by atoms with E-state index >= 15 is 0 Å². The van der Waals surface area contributed by atoms with E-state index in [1.165, 1.54) is 0 Å². The summed E-state index contributed by atoms with van der Waals surface area (Å²) in [5.74, 6) is 0.450. The molecule has 0 fully saturated rings. The smallest absolute Gasteiger partial charge is 0.258 e. The Hall–Kier alpha value is -3.02. The molecule has 6 nitrogen and oxygen atoms in total. The van der Waals surface area contributed by atoms with Crippen LogP contribution in [0, 0.1) is 0 Å². The van der Waals surface area contributed by atoms with Gasteiger partial charge in [0.1, 0.15) is 11.5 Å². The van der Waals surface area contributed by atoms with E-state index in [2.05, 4.69) is 0 Å². The van der Waals surface area contributed by atoms with Gasteiger partial charge in [-0.1, -0.05) is 6.07 Å². The van der Waals surface area contributed by atoms with Crippen molar-refractivity contribution < 1.29 is 19.1 Å². The molecular formula is C19H20N2O4. The predicted molar refractivity (Wildman–Crippen MR) is 94.5 cm³/mol. The molecule has 0 saturated heterocycles. The van der Waals surface area contributed by atoms with Crippen molar-refractivity contribution in [3.63, 3.8) is 0 Å². The summed E-state index contributed by atoms with van der Waals surface area (Å²) in [6.07, 6.45) is 1.49. The van der Waals surface area contributed by atoms with Crippen LogP contribution in [0.4, 0.5) is 5.69 Å². The van der Waals surface area contributed by atoms with Gasteiger partial charge in [-0.05, 0) is 42.7 Å². The van der Waals surface area contributed by atoms with Crippen LogP contribution in [0.3, 0.4) is 0 Å². The second kappa shape index (κ2) is 6.84. The molecule has 0 radical (unpaired) electrons. The van der Waals surface area contributed by atoms with Crippen LogP contribution in [0.5, 0.6) is 11.5 Å². The van der Waals surface area contributed by atoms with E-state index in [0.29, 0.717) is 29.2 Å². The van der Waals surface area contributed by atoms with E-state index < -0.39 is 5.91 Å². The van der Waals surface area contributed by atoms with E-state index in [1.807, 2.05) is 6.07 Å². The number of methoxy groups -OCH3 is 2. The number of amides is 2. The van der Waals surface area contributed by atoms with Gasteiger partial charge < -0.3 is 20.1 Å². The van der Waals surface area contributed by atoms with Crippen LogP contribution >= 0.6 is 0 Å². The van der Waals surface area contributed by atoms with Crippen molar-refractivity contribution in [1.82, 2.24) is 0 Å². The normalized spacial score (nSPS) is 13.1. The largest absolute Gasteiger partial charge is 0.497 e. The minimum Gasteiger partial charge on any atom is -0.497 e. The van der Waals surface area contributed by atoms with Gasteiger partial charge in [0.05, 0.1) is 14.2 Å². The predicted octanol–water partition coefficient (Wildman–Crippen LogP) is 2.40. The summed E-state index contributed by atoms with van der Waals surface area (Å²) in [6, 6.07) is 10.4. The Labute approximate surface area is 146 Å². The Balaban J connectivity index is 2.03. The minimum absolute atomic E-state index is 0.167. The summed E-state index contributed by atoms with van der Waals surface area (Å²) in [5.41, 5.74) is 7.96. The molecule has 1 heterocycles. The van der Waals surface area contributed by atoms with Crippen LogP contribution in [0.15, 0.2) is 36.4 Å². The fraction of sp³-hybridized carbons (Fsp3) is 0.263. The van der Waals surface area contributed by atoms with Gasteiger partial charge in [0.25, 0.3) is 5.91 Å². The molecule has 2 aromatic carbocycles. The molecule has 2 N–H and O–H groups in total. The first kappa shape index (κ1) is 16.8. The monoisotopic (exact) mass is 340 g/mol. The summed E-state index contributed by atoms with van der Waals surface area (Å²) in [6.45, 7) is 0.577. The molecule has 2 aromatic rings. The second-order valence-electron chi connectivity index (χ2n) is 5.83. The summed E-state index contributed by atoms with van der Waals surface area (Å²) in [4.78, 5) is 26.4. The minimum atomic E-state index is -0.478. The Bertz CT molecular complexity index is 810. The molecule has 25 heavy (non-hydrogen) atoms. The van der Waals surface area contributed by atoms with Gasteiger partial charge in [-0.15, -0.1) is 0 Å². The lowest BCUT2D eigenvalue weighted by Crippen LogP contribution is -2.36. The van der Waals surface area contributed by atoms with Crippen molar-refractivity contribution in [2.45, 2.75) is 12.8 Å². The fourth-order valence-electron chi connectivity index (χ4n) is 3.15.